The third-order valence-electron chi connectivity index (χ3n) is 2.71. The number of nitrogens with zero attached hydrogens (tertiary/aromatic N) is 2. The minimum absolute atomic E-state index is 0.251. The number of likely N-dealkylation sites (tertiary alicyclic amines) is 1. The van der Waals surface area contributed by atoms with E-state index < -0.39 is 0 Å². The molecule has 1 aliphatic rings. The highest BCUT2D eigenvalue weighted by Crippen LogP contribution is 2.20. The smallest absolute Gasteiger partial charge is 0.109 e. The Bertz CT molecular complexity index is 130. The van der Waals surface area contributed by atoms with Crippen LogP contribution in [0.25, 0.3) is 0 Å². The zero-order valence-electron chi connectivity index (χ0n) is 8.32. The Morgan fingerprint density at radius 1 is 1.33 bits per heavy atom. The summed E-state index contributed by atoms with van der Waals surface area (Å²) < 4.78 is 0. The topological polar surface area (TPSA) is 26.7 Å². The first kappa shape index (κ1) is 9.96. The lowest BCUT2D eigenvalue weighted by atomic mass is 9.95. The van der Waals surface area contributed by atoms with Gasteiger partial charge in [0, 0.05) is 5.92 Å². The molecule has 3 heteroatoms. The van der Waals surface area contributed by atoms with Gasteiger partial charge in [-0.1, -0.05) is 0 Å². The number of piperidine rings is 1. The first-order chi connectivity index (χ1) is 5.61. The number of aliphatic hydroxyl groups is 1. The Morgan fingerprint density at radius 3 is 2.25 bits per heavy atom. The molecule has 0 saturated carbocycles. The van der Waals surface area contributed by atoms with Crippen LogP contribution in [0.1, 0.15) is 12.8 Å². The molecule has 12 heavy (non-hydrogen) atoms. The highest BCUT2D eigenvalue weighted by molar-refractivity contribution is 4.74. The molecule has 1 heterocycles. The fourth-order valence-corrected chi connectivity index (χ4v) is 1.75. The van der Waals surface area contributed by atoms with Gasteiger partial charge in [0.25, 0.3) is 0 Å². The largest absolute Gasteiger partial charge is 0.378 e. The van der Waals surface area contributed by atoms with Crippen LogP contribution in [0.15, 0.2) is 0 Å². The summed E-state index contributed by atoms with van der Waals surface area (Å²) in [6.07, 6.45) is 1.99. The molecule has 1 fully saturated rings. The third-order valence-corrected chi connectivity index (χ3v) is 2.71. The highest BCUT2D eigenvalue weighted by Gasteiger charge is 2.24. The van der Waals surface area contributed by atoms with Crippen LogP contribution in [0.5, 0.6) is 0 Å². The number of hydrogen-bond donors (Lipinski definition) is 1. The number of aliphatic hydroxyl groups excluding tert-OH is 1. The highest BCUT2D eigenvalue weighted by atomic mass is 16.3. The molecule has 1 rings (SSSR count). The van der Waals surface area contributed by atoms with E-state index in [0.717, 1.165) is 25.9 Å². The van der Waals surface area contributed by atoms with Gasteiger partial charge >= 0.3 is 0 Å². The number of rotatable bonds is 2. The van der Waals surface area contributed by atoms with Crippen LogP contribution < -0.4 is 0 Å². The summed E-state index contributed by atoms with van der Waals surface area (Å²) in [5.41, 5.74) is 0. The molecule has 0 aromatic rings. The van der Waals surface area contributed by atoms with Crippen molar-refractivity contribution in [2.45, 2.75) is 19.1 Å². The minimum Gasteiger partial charge on any atom is -0.378 e. The molecule has 0 amide bonds. The van der Waals surface area contributed by atoms with Gasteiger partial charge in [-0.3, -0.25) is 4.90 Å². The molecule has 1 saturated heterocycles. The van der Waals surface area contributed by atoms with Gasteiger partial charge in [0.2, 0.25) is 0 Å². The van der Waals surface area contributed by atoms with Gasteiger partial charge in [-0.15, -0.1) is 0 Å². The Morgan fingerprint density at radius 2 is 1.83 bits per heavy atom. The minimum atomic E-state index is -0.251. The van der Waals surface area contributed by atoms with E-state index >= 15 is 0 Å². The zero-order valence-corrected chi connectivity index (χ0v) is 8.32. The van der Waals surface area contributed by atoms with Gasteiger partial charge in [0.15, 0.2) is 0 Å². The average Bonchev–Trinajstić information content (AvgIpc) is 2.04. The van der Waals surface area contributed by atoms with E-state index in [1.165, 1.54) is 0 Å². The van der Waals surface area contributed by atoms with Crippen LogP contribution in [0.3, 0.4) is 0 Å². The van der Waals surface area contributed by atoms with E-state index in [9.17, 15) is 5.11 Å². The molecule has 0 radical (unpaired) electrons. The fourth-order valence-electron chi connectivity index (χ4n) is 1.75. The zero-order chi connectivity index (χ0) is 9.14. The van der Waals surface area contributed by atoms with E-state index in [4.69, 9.17) is 0 Å². The van der Waals surface area contributed by atoms with E-state index in [2.05, 4.69) is 11.9 Å². The molecule has 1 unspecified atom stereocenters. The van der Waals surface area contributed by atoms with Crippen LogP contribution >= 0.6 is 0 Å². The van der Waals surface area contributed by atoms with Gasteiger partial charge in [-0.2, -0.15) is 0 Å². The molecule has 0 bridgehead atoms. The summed E-state index contributed by atoms with van der Waals surface area (Å²) in [6, 6.07) is 0. The molecular formula is C9H20N2O. The molecule has 3 nitrogen and oxygen atoms in total. The quantitative estimate of drug-likeness (QED) is 0.603. The third kappa shape index (κ3) is 2.44. The molecule has 1 N–H and O–H groups in total. The van der Waals surface area contributed by atoms with E-state index in [1.54, 1.807) is 0 Å². The van der Waals surface area contributed by atoms with Gasteiger partial charge in [0.1, 0.15) is 6.23 Å². The second-order valence-corrected chi connectivity index (χ2v) is 4.02. The Labute approximate surface area is 75.0 Å². The molecule has 0 spiro atoms. The summed E-state index contributed by atoms with van der Waals surface area (Å²) in [5.74, 6) is 0.469. The molecule has 72 valence electrons. The summed E-state index contributed by atoms with van der Waals surface area (Å²) >= 11 is 0. The van der Waals surface area contributed by atoms with E-state index in [0.29, 0.717) is 5.92 Å². The SMILES string of the molecule is CN1CCC(C(O)N(C)C)CC1. The van der Waals surface area contributed by atoms with E-state index in [1.807, 2.05) is 19.0 Å². The molecule has 1 aliphatic heterocycles. The predicted molar refractivity (Wildman–Crippen MR) is 49.9 cm³/mol. The van der Waals surface area contributed by atoms with E-state index in [-0.39, 0.29) is 6.23 Å². The van der Waals surface area contributed by atoms with Crippen molar-refractivity contribution < 1.29 is 5.11 Å². The predicted octanol–water partition coefficient (Wildman–Crippen LogP) is 0.208. The van der Waals surface area contributed by atoms with Crippen LogP contribution in [0, 0.1) is 5.92 Å². The standard InChI is InChI=1S/C9H20N2O/c1-10(2)9(12)8-4-6-11(3)7-5-8/h8-9,12H,4-7H2,1-3H3. The van der Waals surface area contributed by atoms with Crippen molar-refractivity contribution in [1.29, 1.82) is 0 Å². The Hall–Kier alpha value is -0.120. The van der Waals surface area contributed by atoms with Gasteiger partial charge < -0.3 is 10.0 Å². The van der Waals surface area contributed by atoms with Gasteiger partial charge in [-0.05, 0) is 47.1 Å². The average molecular weight is 172 g/mol. The molecule has 0 aromatic carbocycles. The summed E-state index contributed by atoms with van der Waals surface area (Å²) in [5, 5.41) is 9.74. The Balaban J connectivity index is 2.34. The van der Waals surface area contributed by atoms with Crippen molar-refractivity contribution in [3.8, 4) is 0 Å². The monoisotopic (exact) mass is 172 g/mol. The fraction of sp³-hybridized carbons (Fsp3) is 1.00. The second kappa shape index (κ2) is 4.21. The maximum atomic E-state index is 9.74. The molecular weight excluding hydrogens is 152 g/mol. The normalized spacial score (nSPS) is 24.8. The van der Waals surface area contributed by atoms with Crippen LogP contribution in [0.2, 0.25) is 0 Å². The molecule has 0 aliphatic carbocycles. The van der Waals surface area contributed by atoms with Crippen molar-refractivity contribution in [3.05, 3.63) is 0 Å². The van der Waals surface area contributed by atoms with Crippen molar-refractivity contribution in [1.82, 2.24) is 9.80 Å². The van der Waals surface area contributed by atoms with Gasteiger partial charge in [0.05, 0.1) is 0 Å². The lowest BCUT2D eigenvalue weighted by Gasteiger charge is -2.34. The van der Waals surface area contributed by atoms with Crippen LogP contribution in [0.4, 0.5) is 0 Å². The van der Waals surface area contributed by atoms with Crippen molar-refractivity contribution in [2.24, 2.45) is 5.92 Å². The Kier molecular flexibility index (Phi) is 3.50. The van der Waals surface area contributed by atoms with Crippen molar-refractivity contribution in [3.63, 3.8) is 0 Å². The van der Waals surface area contributed by atoms with Gasteiger partial charge in [-0.25, -0.2) is 0 Å². The van der Waals surface area contributed by atoms with Crippen molar-refractivity contribution >= 4 is 0 Å². The molecule has 1 atom stereocenters. The summed E-state index contributed by atoms with van der Waals surface area (Å²) in [4.78, 5) is 4.22. The first-order valence-corrected chi connectivity index (χ1v) is 4.64. The summed E-state index contributed by atoms with van der Waals surface area (Å²) in [6.45, 7) is 2.24. The van der Waals surface area contributed by atoms with Crippen LogP contribution in [-0.2, 0) is 0 Å². The summed E-state index contributed by atoms with van der Waals surface area (Å²) in [7, 11) is 6.00. The molecule has 0 aromatic heterocycles. The maximum Gasteiger partial charge on any atom is 0.109 e. The lowest BCUT2D eigenvalue weighted by molar-refractivity contribution is -0.0299. The van der Waals surface area contributed by atoms with Crippen molar-refractivity contribution in [2.75, 3.05) is 34.2 Å². The van der Waals surface area contributed by atoms with Crippen LogP contribution in [-0.4, -0.2) is 55.4 Å². The number of hydrogen-bond acceptors (Lipinski definition) is 3. The maximum absolute atomic E-state index is 9.74. The lowest BCUT2D eigenvalue weighted by Crippen LogP contribution is -2.41. The second-order valence-electron chi connectivity index (χ2n) is 4.02. The first-order valence-electron chi connectivity index (χ1n) is 4.64.